The molecular formula is C11H20N4OS. The maximum Gasteiger partial charge on any atom is 0.267 e. The third kappa shape index (κ3) is 3.59. The number of unbranched alkanes of at least 4 members (excludes halogenated alkanes) is 1. The van der Waals surface area contributed by atoms with Crippen molar-refractivity contribution < 1.29 is 4.79 Å². The largest absolute Gasteiger partial charge is 0.382 e. The molecule has 0 bridgehead atoms. The van der Waals surface area contributed by atoms with Gasteiger partial charge in [0.05, 0.1) is 0 Å². The van der Waals surface area contributed by atoms with E-state index in [0.717, 1.165) is 25.9 Å². The van der Waals surface area contributed by atoms with Gasteiger partial charge in [0.2, 0.25) is 0 Å². The van der Waals surface area contributed by atoms with Crippen molar-refractivity contribution in [2.45, 2.75) is 26.7 Å². The van der Waals surface area contributed by atoms with E-state index >= 15 is 0 Å². The molecule has 0 aliphatic heterocycles. The number of amides is 1. The van der Waals surface area contributed by atoms with Crippen molar-refractivity contribution >= 4 is 28.2 Å². The summed E-state index contributed by atoms with van der Waals surface area (Å²) in [6.45, 7) is 5.60. The summed E-state index contributed by atoms with van der Waals surface area (Å²) in [6, 6.07) is 0. The van der Waals surface area contributed by atoms with Crippen LogP contribution < -0.4 is 11.1 Å². The molecule has 0 atom stereocenters. The van der Waals surface area contributed by atoms with Crippen LogP contribution in [-0.4, -0.2) is 35.9 Å². The van der Waals surface area contributed by atoms with Crippen LogP contribution in [0.2, 0.25) is 0 Å². The number of hydrogen-bond acceptors (Lipinski definition) is 5. The Labute approximate surface area is 106 Å². The van der Waals surface area contributed by atoms with Crippen molar-refractivity contribution in [3.8, 4) is 0 Å². The minimum Gasteiger partial charge on any atom is -0.382 e. The lowest BCUT2D eigenvalue weighted by atomic mass is 10.3. The SMILES string of the molecule is CCCCN(C)C(=O)c1sc(NCC)nc1N. The van der Waals surface area contributed by atoms with Gasteiger partial charge in [0.1, 0.15) is 10.7 Å². The van der Waals surface area contributed by atoms with Gasteiger partial charge < -0.3 is 16.0 Å². The molecule has 96 valence electrons. The zero-order valence-corrected chi connectivity index (χ0v) is 11.4. The van der Waals surface area contributed by atoms with Gasteiger partial charge in [-0.2, -0.15) is 0 Å². The normalized spacial score (nSPS) is 10.3. The maximum absolute atomic E-state index is 12.1. The number of nitrogens with one attached hydrogen (secondary N) is 1. The summed E-state index contributed by atoms with van der Waals surface area (Å²) in [5.74, 6) is 0.275. The van der Waals surface area contributed by atoms with Crippen LogP contribution >= 0.6 is 11.3 Å². The lowest BCUT2D eigenvalue weighted by molar-refractivity contribution is 0.0799. The van der Waals surface area contributed by atoms with E-state index < -0.39 is 0 Å². The van der Waals surface area contributed by atoms with Crippen LogP contribution in [0.1, 0.15) is 36.4 Å². The molecule has 1 aromatic heterocycles. The van der Waals surface area contributed by atoms with E-state index in [1.54, 1.807) is 11.9 Å². The molecule has 1 rings (SSSR count). The fourth-order valence-corrected chi connectivity index (χ4v) is 2.33. The molecule has 0 aliphatic carbocycles. The quantitative estimate of drug-likeness (QED) is 0.817. The highest BCUT2D eigenvalue weighted by atomic mass is 32.1. The van der Waals surface area contributed by atoms with E-state index in [-0.39, 0.29) is 5.91 Å². The van der Waals surface area contributed by atoms with Crippen LogP contribution in [-0.2, 0) is 0 Å². The average molecular weight is 256 g/mol. The number of carbonyl (C=O) groups excluding carboxylic acids is 1. The zero-order valence-electron chi connectivity index (χ0n) is 10.6. The summed E-state index contributed by atoms with van der Waals surface area (Å²) >= 11 is 1.32. The highest BCUT2D eigenvalue weighted by molar-refractivity contribution is 7.18. The molecule has 0 aromatic carbocycles. The molecule has 17 heavy (non-hydrogen) atoms. The Hall–Kier alpha value is -1.30. The van der Waals surface area contributed by atoms with Gasteiger partial charge >= 0.3 is 0 Å². The van der Waals surface area contributed by atoms with E-state index in [1.807, 2.05) is 6.92 Å². The molecule has 6 heteroatoms. The molecule has 0 radical (unpaired) electrons. The molecule has 0 aliphatic rings. The number of aromatic nitrogens is 1. The van der Waals surface area contributed by atoms with Gasteiger partial charge in [-0.15, -0.1) is 0 Å². The maximum atomic E-state index is 12.1. The molecule has 0 fully saturated rings. The van der Waals surface area contributed by atoms with Gasteiger partial charge in [-0.1, -0.05) is 24.7 Å². The second-order valence-corrected chi connectivity index (χ2v) is 4.84. The molecule has 0 unspecified atom stereocenters. The molecule has 0 spiro atoms. The Bertz CT molecular complexity index is 378. The van der Waals surface area contributed by atoms with E-state index in [9.17, 15) is 4.79 Å². The van der Waals surface area contributed by atoms with Gasteiger partial charge in [-0.05, 0) is 13.3 Å². The van der Waals surface area contributed by atoms with Crippen molar-refractivity contribution in [2.75, 3.05) is 31.2 Å². The minimum atomic E-state index is -0.0439. The van der Waals surface area contributed by atoms with Crippen LogP contribution in [0, 0.1) is 0 Å². The van der Waals surface area contributed by atoms with Crippen molar-refractivity contribution in [1.82, 2.24) is 9.88 Å². The summed E-state index contributed by atoms with van der Waals surface area (Å²) in [4.78, 5) is 18.4. The fraction of sp³-hybridized carbons (Fsp3) is 0.636. The Morgan fingerprint density at radius 2 is 2.24 bits per heavy atom. The van der Waals surface area contributed by atoms with Gasteiger partial charge in [0.15, 0.2) is 5.13 Å². The monoisotopic (exact) mass is 256 g/mol. The first-order chi connectivity index (χ1) is 8.10. The highest BCUT2D eigenvalue weighted by Crippen LogP contribution is 2.25. The molecule has 5 nitrogen and oxygen atoms in total. The molecule has 3 N–H and O–H groups in total. The first-order valence-electron chi connectivity index (χ1n) is 5.85. The predicted molar refractivity (Wildman–Crippen MR) is 72.6 cm³/mol. The summed E-state index contributed by atoms with van der Waals surface area (Å²) in [5.41, 5.74) is 5.75. The van der Waals surface area contributed by atoms with E-state index in [2.05, 4.69) is 17.2 Å². The first-order valence-corrected chi connectivity index (χ1v) is 6.67. The Morgan fingerprint density at radius 1 is 1.53 bits per heavy atom. The molecule has 1 aromatic rings. The third-order valence-electron chi connectivity index (χ3n) is 2.37. The molecule has 0 saturated heterocycles. The minimum absolute atomic E-state index is 0.0439. The number of hydrogen-bond donors (Lipinski definition) is 2. The number of anilines is 2. The summed E-state index contributed by atoms with van der Waals surface area (Å²) in [7, 11) is 1.80. The van der Waals surface area contributed by atoms with E-state index in [4.69, 9.17) is 5.73 Å². The van der Waals surface area contributed by atoms with Crippen molar-refractivity contribution in [1.29, 1.82) is 0 Å². The number of rotatable bonds is 6. The fourth-order valence-electron chi connectivity index (χ4n) is 1.38. The van der Waals surface area contributed by atoms with Crippen LogP contribution in [0.15, 0.2) is 0 Å². The summed E-state index contributed by atoms with van der Waals surface area (Å²) in [5, 5.41) is 3.77. The van der Waals surface area contributed by atoms with E-state index in [0.29, 0.717) is 15.8 Å². The number of nitrogens with zero attached hydrogens (tertiary/aromatic N) is 2. The average Bonchev–Trinajstić information content (AvgIpc) is 2.66. The second kappa shape index (κ2) is 6.44. The van der Waals surface area contributed by atoms with Crippen molar-refractivity contribution in [3.63, 3.8) is 0 Å². The Kier molecular flexibility index (Phi) is 5.21. The van der Waals surface area contributed by atoms with Gasteiger partial charge in [-0.25, -0.2) is 4.98 Å². The second-order valence-electron chi connectivity index (χ2n) is 3.84. The standard InChI is InChI=1S/C11H20N4OS/c1-4-6-7-15(3)10(16)8-9(12)14-11(17-8)13-5-2/h4-7,12H2,1-3H3,(H,13,14). The molecule has 0 saturated carbocycles. The Balaban J connectivity index is 2.73. The zero-order chi connectivity index (χ0) is 12.8. The lowest BCUT2D eigenvalue weighted by Gasteiger charge is -2.15. The topological polar surface area (TPSA) is 71.2 Å². The van der Waals surface area contributed by atoms with Crippen LogP contribution in [0.4, 0.5) is 10.9 Å². The van der Waals surface area contributed by atoms with E-state index in [1.165, 1.54) is 11.3 Å². The van der Waals surface area contributed by atoms with Crippen molar-refractivity contribution in [3.05, 3.63) is 4.88 Å². The number of nitrogens with two attached hydrogens (primary N) is 1. The molecular weight excluding hydrogens is 236 g/mol. The van der Waals surface area contributed by atoms with Gasteiger partial charge in [0, 0.05) is 20.1 Å². The lowest BCUT2D eigenvalue weighted by Crippen LogP contribution is -2.27. The summed E-state index contributed by atoms with van der Waals surface area (Å²) in [6.07, 6.45) is 2.07. The number of carbonyl (C=O) groups is 1. The number of nitrogen functional groups attached to an aromatic ring is 1. The molecule has 1 amide bonds. The highest BCUT2D eigenvalue weighted by Gasteiger charge is 2.19. The molecule has 1 heterocycles. The van der Waals surface area contributed by atoms with Crippen LogP contribution in [0.3, 0.4) is 0 Å². The van der Waals surface area contributed by atoms with Crippen LogP contribution in [0.25, 0.3) is 0 Å². The smallest absolute Gasteiger partial charge is 0.267 e. The van der Waals surface area contributed by atoms with Crippen molar-refractivity contribution in [2.24, 2.45) is 0 Å². The summed E-state index contributed by atoms with van der Waals surface area (Å²) < 4.78 is 0. The first kappa shape index (κ1) is 13.8. The van der Waals surface area contributed by atoms with Gasteiger partial charge in [0.25, 0.3) is 5.91 Å². The Morgan fingerprint density at radius 3 is 2.82 bits per heavy atom. The van der Waals surface area contributed by atoms with Gasteiger partial charge in [-0.3, -0.25) is 4.79 Å². The predicted octanol–water partition coefficient (Wildman–Crippen LogP) is 2.03. The number of thiazole rings is 1. The third-order valence-corrected chi connectivity index (χ3v) is 3.39. The van der Waals surface area contributed by atoms with Crippen LogP contribution in [0.5, 0.6) is 0 Å².